The fourth-order valence-corrected chi connectivity index (χ4v) is 4.17. The average molecular weight is 538 g/mol. The number of non-ortho nitro benzene ring substituents is 1. The Morgan fingerprint density at radius 2 is 1.83 bits per heavy atom. The van der Waals surface area contributed by atoms with Crippen molar-refractivity contribution in [2.24, 2.45) is 0 Å². The maximum atomic E-state index is 13.2. The molecule has 0 bridgehead atoms. The van der Waals surface area contributed by atoms with Crippen molar-refractivity contribution in [3.8, 4) is 22.7 Å². The van der Waals surface area contributed by atoms with Crippen LogP contribution >= 0.6 is 0 Å². The predicted octanol–water partition coefficient (Wildman–Crippen LogP) is 2.95. The summed E-state index contributed by atoms with van der Waals surface area (Å²) in [5.41, 5.74) is -1.51. The van der Waals surface area contributed by atoms with Crippen LogP contribution in [-0.4, -0.2) is 42.9 Å². The van der Waals surface area contributed by atoms with Gasteiger partial charge in [0.25, 0.3) is 5.69 Å². The van der Waals surface area contributed by atoms with Crippen LogP contribution in [0.3, 0.4) is 0 Å². The first-order chi connectivity index (χ1) is 16.1. The summed E-state index contributed by atoms with van der Waals surface area (Å²) in [5.74, 6) is -1.03. The third kappa shape index (κ3) is 6.23. The lowest BCUT2D eigenvalue weighted by atomic mass is 10.1. The van der Waals surface area contributed by atoms with Crippen molar-refractivity contribution in [1.29, 1.82) is 0 Å². The highest BCUT2D eigenvalue weighted by Crippen LogP contribution is 2.38. The van der Waals surface area contributed by atoms with E-state index in [-0.39, 0.29) is 28.7 Å². The largest absolute Gasteiger partial charge is 0.465 e. The van der Waals surface area contributed by atoms with Crippen LogP contribution in [0.1, 0.15) is 5.56 Å². The van der Waals surface area contributed by atoms with Crippen molar-refractivity contribution in [1.82, 2.24) is 9.55 Å². The number of nitrogens with zero attached hydrogens (tertiary/aromatic N) is 3. The Hall–Kier alpha value is -3.74. The zero-order chi connectivity index (χ0) is 26.2. The highest BCUT2D eigenvalue weighted by atomic mass is 32.3. The zero-order valence-corrected chi connectivity index (χ0v) is 18.8. The molecule has 2 N–H and O–H groups in total. The molecule has 0 spiro atoms. The number of nitrogens with one attached hydrogen (secondary N) is 1. The molecule has 0 atom stereocenters. The van der Waals surface area contributed by atoms with Gasteiger partial charge in [-0.05, 0) is 24.3 Å². The molecular formula is C17H13F3N4O9S2. The molecule has 3 rings (SSSR count). The number of imidazole rings is 1. The van der Waals surface area contributed by atoms with Gasteiger partial charge in [0.2, 0.25) is 0 Å². The minimum atomic E-state index is -5.59. The highest BCUT2D eigenvalue weighted by molar-refractivity contribution is 7.95. The van der Waals surface area contributed by atoms with Gasteiger partial charge < -0.3 is 14.1 Å². The van der Waals surface area contributed by atoms with E-state index in [1.165, 1.54) is 36.0 Å². The molecule has 0 unspecified atom stereocenters. The van der Waals surface area contributed by atoms with Crippen LogP contribution in [0.4, 0.5) is 24.5 Å². The number of hydrogen-bond donors (Lipinski definition) is 2. The van der Waals surface area contributed by atoms with Crippen molar-refractivity contribution in [3.63, 3.8) is 0 Å². The van der Waals surface area contributed by atoms with Crippen LogP contribution in [0, 0.1) is 10.1 Å². The molecule has 1 aromatic heterocycles. The van der Waals surface area contributed by atoms with E-state index in [1.54, 1.807) is 0 Å². The van der Waals surface area contributed by atoms with E-state index in [9.17, 15) is 40.1 Å². The van der Waals surface area contributed by atoms with Gasteiger partial charge in [0.1, 0.15) is 0 Å². The molecule has 0 aliphatic heterocycles. The lowest BCUT2D eigenvalue weighted by Crippen LogP contribution is -2.18. The number of alkyl halides is 3. The van der Waals surface area contributed by atoms with E-state index < -0.39 is 43.2 Å². The van der Waals surface area contributed by atoms with Crippen LogP contribution in [0.25, 0.3) is 16.9 Å². The van der Waals surface area contributed by atoms with Gasteiger partial charge in [0.05, 0.1) is 33.9 Å². The quantitative estimate of drug-likeness (QED) is 0.244. The van der Waals surface area contributed by atoms with E-state index in [0.29, 0.717) is 11.8 Å². The summed E-state index contributed by atoms with van der Waals surface area (Å²) in [6.45, 7) is 0. The van der Waals surface area contributed by atoms with Crippen molar-refractivity contribution in [3.05, 3.63) is 64.6 Å². The maximum absolute atomic E-state index is 13.2. The molecule has 0 saturated carbocycles. The molecule has 188 valence electrons. The fraction of sp³-hybridized carbons (Fsp3) is 0.118. The molecular weight excluding hydrogens is 525 g/mol. The lowest BCUT2D eigenvalue weighted by molar-refractivity contribution is -0.384. The normalized spacial score (nSPS) is 12.4. The molecule has 0 fully saturated rings. The van der Waals surface area contributed by atoms with Gasteiger partial charge in [-0.15, -0.1) is 0 Å². The summed E-state index contributed by atoms with van der Waals surface area (Å²) in [4.78, 5) is 14.4. The molecule has 0 amide bonds. The van der Waals surface area contributed by atoms with E-state index in [1.807, 2.05) is 0 Å². The van der Waals surface area contributed by atoms with Gasteiger partial charge in [-0.2, -0.15) is 30.0 Å². The summed E-state index contributed by atoms with van der Waals surface area (Å²) in [5, 5.41) is 13.9. The third-order valence-electron chi connectivity index (χ3n) is 4.27. The van der Waals surface area contributed by atoms with Gasteiger partial charge >= 0.3 is 27.0 Å². The minimum Gasteiger partial charge on any atom is -0.386 e. The second-order valence-electron chi connectivity index (χ2n) is 6.57. The minimum absolute atomic E-state index is 0.163. The third-order valence-corrected chi connectivity index (χ3v) is 6.01. The Balaban J connectivity index is 2.13. The molecule has 13 nitrogen and oxygen atoms in total. The summed E-state index contributed by atoms with van der Waals surface area (Å²) in [6.07, 6.45) is -2.60. The molecule has 1 heterocycles. The molecule has 0 radical (unpaired) electrons. The van der Waals surface area contributed by atoms with Crippen LogP contribution in [0.2, 0.25) is 0 Å². The first-order valence-electron chi connectivity index (χ1n) is 8.95. The SMILES string of the molecule is CNc1ccc([N+](=O)[O-])cc1-n1cnc(-c2ccc(C(F)(F)F)cc2OS(=O)(=O)OS(=O)(=O)O)c1. The molecule has 18 heteroatoms. The number of nitro benzene ring substituents is 1. The average Bonchev–Trinajstić information content (AvgIpc) is 3.20. The van der Waals surface area contributed by atoms with Crippen molar-refractivity contribution in [2.45, 2.75) is 6.18 Å². The van der Waals surface area contributed by atoms with Crippen molar-refractivity contribution >= 4 is 32.2 Å². The lowest BCUT2D eigenvalue weighted by Gasteiger charge is -2.13. The predicted molar refractivity (Wildman–Crippen MR) is 112 cm³/mol. The number of hydrogen-bond acceptors (Lipinski definition) is 10. The second-order valence-corrected chi connectivity index (χ2v) is 8.95. The molecule has 2 aromatic carbocycles. The van der Waals surface area contributed by atoms with Crippen LogP contribution in [-0.2, 0) is 30.6 Å². The van der Waals surface area contributed by atoms with Gasteiger partial charge in [-0.1, -0.05) is 3.63 Å². The van der Waals surface area contributed by atoms with E-state index >= 15 is 0 Å². The van der Waals surface area contributed by atoms with Crippen LogP contribution in [0.5, 0.6) is 5.75 Å². The number of benzene rings is 2. The van der Waals surface area contributed by atoms with Gasteiger partial charge in [0.15, 0.2) is 5.75 Å². The topological polar surface area (TPSA) is 180 Å². The van der Waals surface area contributed by atoms with E-state index in [2.05, 4.69) is 18.1 Å². The number of anilines is 1. The smallest absolute Gasteiger partial charge is 0.386 e. The van der Waals surface area contributed by atoms with Crippen LogP contribution < -0.4 is 9.50 Å². The number of nitro groups is 1. The van der Waals surface area contributed by atoms with E-state index in [0.717, 1.165) is 12.4 Å². The molecule has 0 saturated heterocycles. The second kappa shape index (κ2) is 9.13. The maximum Gasteiger partial charge on any atom is 0.465 e. The van der Waals surface area contributed by atoms with Gasteiger partial charge in [0, 0.05) is 30.9 Å². The zero-order valence-electron chi connectivity index (χ0n) is 17.1. The molecule has 0 aliphatic carbocycles. The van der Waals surface area contributed by atoms with Gasteiger partial charge in [-0.25, -0.2) is 4.98 Å². The van der Waals surface area contributed by atoms with Crippen molar-refractivity contribution in [2.75, 3.05) is 12.4 Å². The standard InChI is InChI=1S/C17H13F3N4O9S2/c1-21-13-5-3-11(24(25)26)7-15(13)23-8-14(22-9-23)12-4-2-10(17(18,19)20)6-16(12)32-35(30,31)33-34(27,28)29/h2-9,21H,1H3,(H,27,28,29). The van der Waals surface area contributed by atoms with Crippen molar-refractivity contribution < 1.29 is 47.3 Å². The number of halogens is 3. The molecule has 35 heavy (non-hydrogen) atoms. The summed E-state index contributed by atoms with van der Waals surface area (Å²) < 4.78 is 102. The Morgan fingerprint density at radius 3 is 2.40 bits per heavy atom. The highest BCUT2D eigenvalue weighted by Gasteiger charge is 2.33. The monoisotopic (exact) mass is 538 g/mol. The van der Waals surface area contributed by atoms with E-state index in [4.69, 9.17) is 4.55 Å². The summed E-state index contributed by atoms with van der Waals surface area (Å²) >= 11 is 0. The Morgan fingerprint density at radius 1 is 1.14 bits per heavy atom. The van der Waals surface area contributed by atoms with Gasteiger partial charge in [-0.3, -0.25) is 14.7 Å². The van der Waals surface area contributed by atoms with Crippen LogP contribution in [0.15, 0.2) is 48.9 Å². The Labute approximate surface area is 195 Å². The first-order valence-corrected chi connectivity index (χ1v) is 11.6. The first kappa shape index (κ1) is 25.9. The Bertz CT molecular complexity index is 1500. The fourth-order valence-electron chi connectivity index (χ4n) is 2.86. The molecule has 0 aliphatic rings. The molecule has 3 aromatic rings. The number of aromatic nitrogens is 2. The summed E-state index contributed by atoms with van der Waals surface area (Å²) in [6, 6.07) is 5.47. The summed E-state index contributed by atoms with van der Waals surface area (Å²) in [7, 11) is -9.63. The Kier molecular flexibility index (Phi) is 6.75. The number of rotatable bonds is 8.